The summed E-state index contributed by atoms with van der Waals surface area (Å²) in [4.78, 5) is 3.92. The Bertz CT molecular complexity index is 1680. The van der Waals surface area contributed by atoms with Crippen molar-refractivity contribution in [3.63, 3.8) is 0 Å². The number of aromatic nitrogens is 1. The van der Waals surface area contributed by atoms with Crippen LogP contribution in [0.5, 0.6) is 0 Å². The summed E-state index contributed by atoms with van der Waals surface area (Å²) >= 11 is 0. The van der Waals surface area contributed by atoms with Crippen molar-refractivity contribution in [2.24, 2.45) is 12.5 Å². The van der Waals surface area contributed by atoms with E-state index in [0.717, 1.165) is 56.3 Å². The van der Waals surface area contributed by atoms with Gasteiger partial charge in [-0.2, -0.15) is 4.57 Å². The molecule has 3 heteroatoms. The van der Waals surface area contributed by atoms with Crippen LogP contribution in [0.15, 0.2) is 65.1 Å². The molecule has 5 aromatic rings. The fourth-order valence-electron chi connectivity index (χ4n) is 5.36. The summed E-state index contributed by atoms with van der Waals surface area (Å²) in [6.45, 7) is 21.1. The molecule has 0 aliphatic rings. The van der Waals surface area contributed by atoms with Gasteiger partial charge in [-0.1, -0.05) is 69.3 Å². The number of benzene rings is 3. The molecule has 0 unspecified atom stereocenters. The zero-order chi connectivity index (χ0) is 25.8. The van der Waals surface area contributed by atoms with E-state index in [1.807, 2.05) is 25.1 Å². The third-order valence-corrected chi connectivity index (χ3v) is 7.07. The van der Waals surface area contributed by atoms with Crippen molar-refractivity contribution in [2.75, 3.05) is 0 Å². The Morgan fingerprint density at radius 3 is 2.19 bits per heavy atom. The second-order valence-corrected chi connectivity index (χ2v) is 11.2. The summed E-state index contributed by atoms with van der Waals surface area (Å²) in [5.41, 5.74) is 11.4. The highest BCUT2D eigenvalue weighted by Gasteiger charge is 2.26. The molecular formula is C33H33N2O+. The number of rotatable bonds is 3. The predicted molar refractivity (Wildman–Crippen MR) is 149 cm³/mol. The van der Waals surface area contributed by atoms with E-state index in [2.05, 4.69) is 93.5 Å². The molecule has 0 N–H and O–H groups in total. The molecule has 0 amide bonds. The third kappa shape index (κ3) is 3.97. The molecule has 3 nitrogen and oxygen atoms in total. The number of nitrogens with zero attached hydrogens (tertiary/aromatic N) is 2. The Hall–Kier alpha value is -3.90. The van der Waals surface area contributed by atoms with Gasteiger partial charge in [0.15, 0.2) is 5.69 Å². The molecule has 0 fully saturated rings. The average Bonchev–Trinajstić information content (AvgIpc) is 3.18. The van der Waals surface area contributed by atoms with Crippen LogP contribution in [0.4, 0.5) is 5.69 Å². The molecule has 0 saturated heterocycles. The van der Waals surface area contributed by atoms with Gasteiger partial charge >= 0.3 is 0 Å². The van der Waals surface area contributed by atoms with Gasteiger partial charge in [0.2, 0.25) is 11.4 Å². The van der Waals surface area contributed by atoms with Crippen molar-refractivity contribution in [3.8, 4) is 22.4 Å². The first-order valence-corrected chi connectivity index (χ1v) is 12.5. The maximum Gasteiger partial charge on any atom is 0.216 e. The van der Waals surface area contributed by atoms with Crippen molar-refractivity contribution in [1.29, 1.82) is 0 Å². The summed E-state index contributed by atoms with van der Waals surface area (Å²) in [7, 11) is 2.13. The standard InChI is InChI=1S/C33H33N2O/c1-20-14-15-25-26-16-21(2)30(34-7)29(24-12-10-9-11-13-24)32(26)36-31(25)28(20)27-18-23(19-33(4,5)6)17-22(3)35(27)8/h9-18H,19H2,1-6,8H3/q+1. The van der Waals surface area contributed by atoms with E-state index in [9.17, 15) is 0 Å². The molecule has 0 radical (unpaired) electrons. The molecule has 180 valence electrons. The van der Waals surface area contributed by atoms with E-state index in [1.54, 1.807) is 0 Å². The summed E-state index contributed by atoms with van der Waals surface area (Å²) in [6, 6.07) is 21.2. The van der Waals surface area contributed by atoms with Crippen LogP contribution in [0, 0.1) is 32.8 Å². The maximum absolute atomic E-state index is 7.92. The second-order valence-electron chi connectivity index (χ2n) is 11.2. The highest BCUT2D eigenvalue weighted by Crippen LogP contribution is 2.46. The van der Waals surface area contributed by atoms with Crippen LogP contribution in [0.2, 0.25) is 0 Å². The Morgan fingerprint density at radius 2 is 1.53 bits per heavy atom. The molecule has 2 heterocycles. The van der Waals surface area contributed by atoms with E-state index in [1.165, 1.54) is 16.8 Å². The topological polar surface area (TPSA) is 21.4 Å². The molecule has 5 rings (SSSR count). The highest BCUT2D eigenvalue weighted by atomic mass is 16.3. The summed E-state index contributed by atoms with van der Waals surface area (Å²) in [5, 5.41) is 2.14. The van der Waals surface area contributed by atoms with Gasteiger partial charge in [0.05, 0.1) is 12.1 Å². The lowest BCUT2D eigenvalue weighted by Gasteiger charge is -2.18. The molecule has 0 spiro atoms. The van der Waals surface area contributed by atoms with Gasteiger partial charge in [-0.25, -0.2) is 4.85 Å². The molecule has 0 aliphatic heterocycles. The molecular weight excluding hydrogens is 440 g/mol. The minimum Gasteiger partial charge on any atom is -0.456 e. The average molecular weight is 474 g/mol. The Balaban J connectivity index is 1.88. The zero-order valence-electron chi connectivity index (χ0n) is 22.3. The molecule has 3 aromatic carbocycles. The number of pyridine rings is 1. The van der Waals surface area contributed by atoms with Crippen molar-refractivity contribution in [2.45, 2.75) is 48.0 Å². The normalized spacial score (nSPS) is 11.8. The molecule has 0 saturated carbocycles. The minimum absolute atomic E-state index is 0.197. The van der Waals surface area contributed by atoms with Crippen molar-refractivity contribution >= 4 is 27.6 Å². The summed E-state index contributed by atoms with van der Waals surface area (Å²) < 4.78 is 9.04. The summed E-state index contributed by atoms with van der Waals surface area (Å²) in [6.07, 6.45) is 1.00. The van der Waals surface area contributed by atoms with Gasteiger partial charge < -0.3 is 4.42 Å². The monoisotopic (exact) mass is 473 g/mol. The predicted octanol–water partition coefficient (Wildman–Crippen LogP) is 8.81. The number of fused-ring (bicyclic) bond motifs is 3. The largest absolute Gasteiger partial charge is 0.456 e. The van der Waals surface area contributed by atoms with Gasteiger partial charge in [0.1, 0.15) is 18.2 Å². The Morgan fingerprint density at radius 1 is 0.833 bits per heavy atom. The molecule has 0 bridgehead atoms. The SMILES string of the molecule is [C-]#[N+]c1c(C)cc2c(oc3c(-c4cc(CC(C)(C)C)cc(C)[n+]4C)c(C)ccc32)c1-c1ccccc1. The minimum atomic E-state index is 0.197. The van der Waals surface area contributed by atoms with Crippen LogP contribution in [-0.4, -0.2) is 0 Å². The maximum atomic E-state index is 7.92. The van der Waals surface area contributed by atoms with Gasteiger partial charge in [-0.3, -0.25) is 0 Å². The van der Waals surface area contributed by atoms with E-state index in [4.69, 9.17) is 11.0 Å². The third-order valence-electron chi connectivity index (χ3n) is 7.07. The van der Waals surface area contributed by atoms with E-state index >= 15 is 0 Å². The number of aryl methyl sites for hydroxylation is 3. The lowest BCUT2D eigenvalue weighted by molar-refractivity contribution is -0.666. The first kappa shape index (κ1) is 23.8. The van der Waals surface area contributed by atoms with Crippen LogP contribution >= 0.6 is 0 Å². The quantitative estimate of drug-likeness (QED) is 0.189. The van der Waals surface area contributed by atoms with E-state index < -0.39 is 0 Å². The fraction of sp³-hybridized carbons (Fsp3) is 0.273. The van der Waals surface area contributed by atoms with Crippen molar-refractivity contribution in [3.05, 3.63) is 94.5 Å². The van der Waals surface area contributed by atoms with Crippen molar-refractivity contribution in [1.82, 2.24) is 0 Å². The van der Waals surface area contributed by atoms with E-state index in [0.29, 0.717) is 5.69 Å². The lowest BCUT2D eigenvalue weighted by atomic mass is 9.87. The first-order valence-electron chi connectivity index (χ1n) is 12.5. The highest BCUT2D eigenvalue weighted by molar-refractivity contribution is 6.15. The lowest BCUT2D eigenvalue weighted by Crippen LogP contribution is -2.35. The van der Waals surface area contributed by atoms with Crippen LogP contribution in [0.3, 0.4) is 0 Å². The number of furan rings is 1. The van der Waals surface area contributed by atoms with Gasteiger partial charge in [0.25, 0.3) is 0 Å². The smallest absolute Gasteiger partial charge is 0.216 e. The first-order chi connectivity index (χ1) is 17.1. The van der Waals surface area contributed by atoms with Gasteiger partial charge in [-0.15, -0.1) is 0 Å². The van der Waals surface area contributed by atoms with Crippen molar-refractivity contribution < 1.29 is 8.98 Å². The van der Waals surface area contributed by atoms with Crippen LogP contribution in [0.1, 0.15) is 43.2 Å². The second kappa shape index (κ2) is 8.64. The zero-order valence-corrected chi connectivity index (χ0v) is 22.3. The number of hydrogen-bond donors (Lipinski definition) is 0. The Kier molecular flexibility index (Phi) is 5.72. The summed E-state index contributed by atoms with van der Waals surface area (Å²) in [5.74, 6) is 0. The molecule has 2 aromatic heterocycles. The molecule has 0 aliphatic carbocycles. The van der Waals surface area contributed by atoms with Gasteiger partial charge in [0, 0.05) is 35.4 Å². The molecule has 0 atom stereocenters. The van der Waals surface area contributed by atoms with E-state index in [-0.39, 0.29) is 5.41 Å². The van der Waals surface area contributed by atoms with Crippen LogP contribution in [0.25, 0.3) is 49.2 Å². The number of hydrogen-bond acceptors (Lipinski definition) is 1. The van der Waals surface area contributed by atoms with Crippen LogP contribution < -0.4 is 4.57 Å². The fourth-order valence-corrected chi connectivity index (χ4v) is 5.36. The molecule has 36 heavy (non-hydrogen) atoms. The van der Waals surface area contributed by atoms with Crippen LogP contribution in [-0.2, 0) is 13.5 Å². The Labute approximate surface area is 213 Å². The van der Waals surface area contributed by atoms with Gasteiger partial charge in [-0.05, 0) is 47.9 Å².